The van der Waals surface area contributed by atoms with Crippen LogP contribution in [0.5, 0.6) is 0 Å². The number of rotatable bonds is 3. The van der Waals surface area contributed by atoms with Crippen molar-refractivity contribution in [3.8, 4) is 0 Å². The zero-order valence-corrected chi connectivity index (χ0v) is 14.1. The zero-order chi connectivity index (χ0) is 17.4. The minimum Gasteiger partial charge on any atom is -0.371 e. The van der Waals surface area contributed by atoms with E-state index in [9.17, 15) is 9.59 Å². The van der Waals surface area contributed by atoms with E-state index in [0.717, 1.165) is 5.56 Å². The summed E-state index contributed by atoms with van der Waals surface area (Å²) in [5.41, 5.74) is 2.10. The molecular formula is C20H20N2O3. The van der Waals surface area contributed by atoms with Gasteiger partial charge in [-0.1, -0.05) is 42.5 Å². The lowest BCUT2D eigenvalue weighted by Gasteiger charge is -2.40. The molecule has 25 heavy (non-hydrogen) atoms. The maximum absolute atomic E-state index is 12.6. The highest BCUT2D eigenvalue weighted by Crippen LogP contribution is 2.30. The molecule has 128 valence electrons. The second-order valence-electron chi connectivity index (χ2n) is 6.48. The number of hydrogen-bond acceptors (Lipinski definition) is 4. The Morgan fingerprint density at radius 3 is 2.20 bits per heavy atom. The van der Waals surface area contributed by atoms with Gasteiger partial charge in [0.15, 0.2) is 0 Å². The van der Waals surface area contributed by atoms with Crippen LogP contribution < -0.4 is 0 Å². The van der Waals surface area contributed by atoms with Crippen LogP contribution in [-0.2, 0) is 4.74 Å². The fourth-order valence-electron chi connectivity index (χ4n) is 3.60. The molecule has 2 amide bonds. The molecule has 0 N–H and O–H groups in total. The van der Waals surface area contributed by atoms with E-state index in [2.05, 4.69) is 11.8 Å². The summed E-state index contributed by atoms with van der Waals surface area (Å²) in [6.45, 7) is 3.64. The van der Waals surface area contributed by atoms with E-state index in [1.165, 1.54) is 4.90 Å². The van der Waals surface area contributed by atoms with Crippen LogP contribution in [0.15, 0.2) is 54.6 Å². The maximum atomic E-state index is 12.6. The summed E-state index contributed by atoms with van der Waals surface area (Å²) in [7, 11) is 0. The van der Waals surface area contributed by atoms with Crippen LogP contribution in [0, 0.1) is 0 Å². The standard InChI is InChI=1S/C20H20N2O3/c1-14-18(15-7-3-2-4-8-15)25-12-11-21(14)13-22-19(23)16-9-5-6-10-17(16)20(22)24/h2-10,14,18H,11-13H2,1H3/t14-,18-/m1/s1. The Bertz CT molecular complexity index is 771. The molecule has 2 aromatic rings. The molecule has 0 spiro atoms. The zero-order valence-electron chi connectivity index (χ0n) is 14.1. The highest BCUT2D eigenvalue weighted by atomic mass is 16.5. The third kappa shape index (κ3) is 2.75. The number of ether oxygens (including phenoxy) is 1. The highest BCUT2D eigenvalue weighted by Gasteiger charge is 2.38. The quantitative estimate of drug-likeness (QED) is 0.809. The number of imide groups is 1. The van der Waals surface area contributed by atoms with Crippen LogP contribution in [0.25, 0.3) is 0 Å². The Kier molecular flexibility index (Phi) is 4.11. The van der Waals surface area contributed by atoms with Gasteiger partial charge in [0.05, 0.1) is 30.5 Å². The van der Waals surface area contributed by atoms with Crippen LogP contribution in [0.3, 0.4) is 0 Å². The molecule has 1 fully saturated rings. The third-order valence-corrected chi connectivity index (χ3v) is 5.02. The third-order valence-electron chi connectivity index (χ3n) is 5.02. The summed E-state index contributed by atoms with van der Waals surface area (Å²) in [6.07, 6.45) is -0.0647. The Balaban J connectivity index is 1.53. The first kappa shape index (κ1) is 16.0. The van der Waals surface area contributed by atoms with Gasteiger partial charge in [-0.15, -0.1) is 0 Å². The summed E-state index contributed by atoms with van der Waals surface area (Å²) < 4.78 is 5.96. The van der Waals surface area contributed by atoms with Gasteiger partial charge >= 0.3 is 0 Å². The molecule has 0 bridgehead atoms. The van der Waals surface area contributed by atoms with Gasteiger partial charge in [0.2, 0.25) is 0 Å². The topological polar surface area (TPSA) is 49.9 Å². The van der Waals surface area contributed by atoms with Gasteiger partial charge in [-0.25, -0.2) is 0 Å². The fraction of sp³-hybridized carbons (Fsp3) is 0.300. The highest BCUT2D eigenvalue weighted by molar-refractivity contribution is 6.21. The van der Waals surface area contributed by atoms with Crippen LogP contribution in [0.2, 0.25) is 0 Å². The lowest BCUT2D eigenvalue weighted by Crippen LogP contribution is -2.51. The normalized spacial score (nSPS) is 23.8. The average Bonchev–Trinajstić information content (AvgIpc) is 2.89. The van der Waals surface area contributed by atoms with E-state index in [4.69, 9.17) is 4.74 Å². The number of carbonyl (C=O) groups excluding carboxylic acids is 2. The maximum Gasteiger partial charge on any atom is 0.262 e. The minimum absolute atomic E-state index is 0.0647. The minimum atomic E-state index is -0.212. The van der Waals surface area contributed by atoms with E-state index in [0.29, 0.717) is 30.9 Å². The van der Waals surface area contributed by atoms with E-state index in [1.807, 2.05) is 30.3 Å². The molecule has 5 nitrogen and oxygen atoms in total. The Morgan fingerprint density at radius 1 is 0.960 bits per heavy atom. The van der Waals surface area contributed by atoms with Crippen molar-refractivity contribution >= 4 is 11.8 Å². The molecule has 0 saturated carbocycles. The molecule has 2 aliphatic rings. The average molecular weight is 336 g/mol. The predicted octanol–water partition coefficient (Wildman–Crippen LogP) is 2.70. The summed E-state index contributed by atoms with van der Waals surface area (Å²) in [4.78, 5) is 28.7. The monoisotopic (exact) mass is 336 g/mol. The molecule has 4 rings (SSSR count). The number of carbonyl (C=O) groups is 2. The summed E-state index contributed by atoms with van der Waals surface area (Å²) in [5.74, 6) is -0.425. The van der Waals surface area contributed by atoms with Crippen molar-refractivity contribution in [2.75, 3.05) is 19.8 Å². The molecule has 5 heteroatoms. The fourth-order valence-corrected chi connectivity index (χ4v) is 3.60. The van der Waals surface area contributed by atoms with E-state index < -0.39 is 0 Å². The van der Waals surface area contributed by atoms with E-state index in [-0.39, 0.29) is 24.0 Å². The van der Waals surface area contributed by atoms with Gasteiger partial charge in [-0.05, 0) is 24.6 Å². The Morgan fingerprint density at radius 2 is 1.56 bits per heavy atom. The van der Waals surface area contributed by atoms with Crippen LogP contribution in [0.1, 0.15) is 39.3 Å². The van der Waals surface area contributed by atoms with Crippen LogP contribution in [0.4, 0.5) is 0 Å². The number of morpholine rings is 1. The lowest BCUT2D eigenvalue weighted by atomic mass is 10.0. The van der Waals surface area contributed by atoms with Crippen molar-refractivity contribution < 1.29 is 14.3 Å². The number of fused-ring (bicyclic) bond motifs is 1. The number of amides is 2. The molecule has 0 radical (unpaired) electrons. The largest absolute Gasteiger partial charge is 0.371 e. The second kappa shape index (κ2) is 6.43. The number of benzene rings is 2. The molecule has 2 aromatic carbocycles. The molecule has 0 aromatic heterocycles. The Hall–Kier alpha value is -2.50. The SMILES string of the molecule is C[C@@H]1[C@H](c2ccccc2)OCCN1CN1C(=O)c2ccccc2C1=O. The molecular weight excluding hydrogens is 316 g/mol. The number of hydrogen-bond donors (Lipinski definition) is 0. The molecule has 2 aliphatic heterocycles. The summed E-state index contributed by atoms with van der Waals surface area (Å²) in [6, 6.07) is 17.1. The second-order valence-corrected chi connectivity index (χ2v) is 6.48. The molecule has 0 aliphatic carbocycles. The van der Waals surface area contributed by atoms with Crippen molar-refractivity contribution in [3.63, 3.8) is 0 Å². The van der Waals surface area contributed by atoms with E-state index >= 15 is 0 Å². The summed E-state index contributed by atoms with van der Waals surface area (Å²) in [5, 5.41) is 0. The van der Waals surface area contributed by atoms with Crippen molar-refractivity contribution in [3.05, 3.63) is 71.3 Å². The lowest BCUT2D eigenvalue weighted by molar-refractivity contribution is -0.0769. The van der Waals surface area contributed by atoms with Gasteiger partial charge in [0, 0.05) is 12.6 Å². The first-order valence-electron chi connectivity index (χ1n) is 8.52. The van der Waals surface area contributed by atoms with Gasteiger partial charge in [-0.2, -0.15) is 0 Å². The molecule has 2 atom stereocenters. The van der Waals surface area contributed by atoms with E-state index in [1.54, 1.807) is 24.3 Å². The van der Waals surface area contributed by atoms with Crippen molar-refractivity contribution in [2.24, 2.45) is 0 Å². The Labute approximate surface area is 146 Å². The van der Waals surface area contributed by atoms with Crippen molar-refractivity contribution in [1.29, 1.82) is 0 Å². The van der Waals surface area contributed by atoms with Crippen molar-refractivity contribution in [1.82, 2.24) is 9.80 Å². The van der Waals surface area contributed by atoms with Gasteiger partial charge in [0.25, 0.3) is 11.8 Å². The van der Waals surface area contributed by atoms with Gasteiger partial charge < -0.3 is 4.74 Å². The molecule has 2 heterocycles. The molecule has 1 saturated heterocycles. The predicted molar refractivity (Wildman–Crippen MR) is 93.1 cm³/mol. The molecule has 0 unspecified atom stereocenters. The summed E-state index contributed by atoms with van der Waals surface area (Å²) >= 11 is 0. The first-order chi connectivity index (χ1) is 12.2. The van der Waals surface area contributed by atoms with Gasteiger partial charge in [-0.3, -0.25) is 19.4 Å². The number of nitrogens with zero attached hydrogens (tertiary/aromatic N) is 2. The van der Waals surface area contributed by atoms with Crippen LogP contribution in [-0.4, -0.2) is 47.5 Å². The smallest absolute Gasteiger partial charge is 0.262 e. The van der Waals surface area contributed by atoms with Crippen LogP contribution >= 0.6 is 0 Å². The van der Waals surface area contributed by atoms with Gasteiger partial charge in [0.1, 0.15) is 0 Å². The first-order valence-corrected chi connectivity index (χ1v) is 8.52. The van der Waals surface area contributed by atoms with Crippen molar-refractivity contribution in [2.45, 2.75) is 19.1 Å².